The third kappa shape index (κ3) is 2.93. The van der Waals surface area contributed by atoms with Crippen molar-refractivity contribution in [2.24, 2.45) is 11.8 Å². The number of carbonyl (C=O) groups is 1. The van der Waals surface area contributed by atoms with Crippen molar-refractivity contribution >= 4 is 15.8 Å². The molecule has 0 aromatic heterocycles. The fourth-order valence-electron chi connectivity index (χ4n) is 3.85. The molecule has 0 aromatic carbocycles. The Labute approximate surface area is 136 Å². The zero-order valence-electron chi connectivity index (χ0n) is 13.2. The summed E-state index contributed by atoms with van der Waals surface area (Å²) in [6.07, 6.45) is 11.9. The van der Waals surface area contributed by atoms with E-state index in [1.165, 1.54) is 6.26 Å². The number of allylic oxidation sites excluding steroid dienone is 4. The van der Waals surface area contributed by atoms with Crippen LogP contribution in [-0.2, 0) is 14.6 Å². The van der Waals surface area contributed by atoms with Crippen LogP contribution in [-0.4, -0.2) is 37.8 Å². The Balaban J connectivity index is 2.01. The summed E-state index contributed by atoms with van der Waals surface area (Å²) < 4.78 is 23.7. The van der Waals surface area contributed by atoms with Gasteiger partial charge in [0.2, 0.25) is 0 Å². The molecular formula is C17H21NO4S. The van der Waals surface area contributed by atoms with E-state index >= 15 is 0 Å². The molecule has 2 N–H and O–H groups in total. The molecule has 6 heteroatoms. The Morgan fingerprint density at radius 2 is 2.13 bits per heavy atom. The van der Waals surface area contributed by atoms with E-state index in [4.69, 9.17) is 0 Å². The van der Waals surface area contributed by atoms with E-state index < -0.39 is 21.8 Å². The molecule has 1 fully saturated rings. The maximum Gasteiger partial charge on any atom is 0.321 e. The van der Waals surface area contributed by atoms with Gasteiger partial charge < -0.3 is 5.11 Å². The molecule has 1 saturated heterocycles. The van der Waals surface area contributed by atoms with Crippen molar-refractivity contribution in [3.05, 3.63) is 46.4 Å². The van der Waals surface area contributed by atoms with E-state index in [0.717, 1.165) is 11.1 Å². The quantitative estimate of drug-likeness (QED) is 0.822. The second-order valence-corrected chi connectivity index (χ2v) is 8.51. The number of rotatable bonds is 3. The second kappa shape index (κ2) is 5.76. The Hall–Kier alpha value is -1.66. The molecule has 1 aliphatic heterocycles. The van der Waals surface area contributed by atoms with Crippen LogP contribution < -0.4 is 5.32 Å². The van der Waals surface area contributed by atoms with Gasteiger partial charge in [-0.05, 0) is 25.8 Å². The largest absolute Gasteiger partial charge is 0.480 e. The Kier molecular flexibility index (Phi) is 4.06. The molecule has 0 bridgehead atoms. The van der Waals surface area contributed by atoms with Crippen LogP contribution in [0.1, 0.15) is 19.8 Å². The fourth-order valence-corrected chi connectivity index (χ4v) is 4.63. The first kappa shape index (κ1) is 16.2. The molecule has 0 spiro atoms. The lowest BCUT2D eigenvalue weighted by Gasteiger charge is -2.28. The summed E-state index contributed by atoms with van der Waals surface area (Å²) in [6, 6.07) is -0.694. The van der Waals surface area contributed by atoms with Gasteiger partial charge in [0, 0.05) is 24.1 Å². The average Bonchev–Trinajstić information content (AvgIpc) is 2.88. The second-order valence-electron chi connectivity index (χ2n) is 6.50. The first-order valence-electron chi connectivity index (χ1n) is 7.73. The van der Waals surface area contributed by atoms with Gasteiger partial charge in [0.05, 0.1) is 4.91 Å². The summed E-state index contributed by atoms with van der Waals surface area (Å²) in [7, 11) is -3.28. The summed E-state index contributed by atoms with van der Waals surface area (Å²) >= 11 is 0. The summed E-state index contributed by atoms with van der Waals surface area (Å²) in [4.78, 5) is 12.0. The molecule has 3 rings (SSSR count). The van der Waals surface area contributed by atoms with Gasteiger partial charge in [-0.2, -0.15) is 0 Å². The molecule has 124 valence electrons. The van der Waals surface area contributed by atoms with Crippen LogP contribution in [0.5, 0.6) is 0 Å². The summed E-state index contributed by atoms with van der Waals surface area (Å²) in [5, 5.41) is 12.8. The van der Waals surface area contributed by atoms with E-state index in [-0.39, 0.29) is 17.9 Å². The number of nitrogens with one attached hydrogen (secondary N) is 1. The number of hydrogen-bond acceptors (Lipinski definition) is 4. The number of hydrogen-bond donors (Lipinski definition) is 2. The third-order valence-corrected chi connectivity index (χ3v) is 6.07. The maximum atomic E-state index is 11.8. The fraction of sp³-hybridized carbons (Fsp3) is 0.471. The number of aliphatic carboxylic acids is 1. The van der Waals surface area contributed by atoms with Gasteiger partial charge in [-0.3, -0.25) is 10.1 Å². The highest BCUT2D eigenvalue weighted by atomic mass is 32.2. The molecule has 0 aromatic rings. The number of carboxylic acids is 1. The third-order valence-electron chi connectivity index (χ3n) is 4.93. The lowest BCUT2D eigenvalue weighted by atomic mass is 9.76. The Morgan fingerprint density at radius 3 is 2.78 bits per heavy atom. The topological polar surface area (TPSA) is 83.5 Å². The normalized spacial score (nSPS) is 33.6. The lowest BCUT2D eigenvalue weighted by molar-refractivity contribution is -0.139. The van der Waals surface area contributed by atoms with Gasteiger partial charge in [0.15, 0.2) is 9.84 Å². The minimum Gasteiger partial charge on any atom is -0.480 e. The van der Waals surface area contributed by atoms with Crippen molar-refractivity contribution in [3.8, 4) is 0 Å². The molecule has 5 nitrogen and oxygen atoms in total. The first-order chi connectivity index (χ1) is 10.8. The highest BCUT2D eigenvalue weighted by Crippen LogP contribution is 2.42. The van der Waals surface area contributed by atoms with E-state index in [9.17, 15) is 18.3 Å². The zero-order valence-corrected chi connectivity index (χ0v) is 14.0. The van der Waals surface area contributed by atoms with Gasteiger partial charge in [0.1, 0.15) is 6.04 Å². The van der Waals surface area contributed by atoms with E-state index in [1.54, 1.807) is 12.2 Å². The Morgan fingerprint density at radius 1 is 1.39 bits per heavy atom. The summed E-state index contributed by atoms with van der Waals surface area (Å²) in [5.41, 5.74) is 2.03. The van der Waals surface area contributed by atoms with E-state index in [2.05, 4.69) is 5.32 Å². The van der Waals surface area contributed by atoms with Crippen LogP contribution in [0.3, 0.4) is 0 Å². The highest BCUT2D eigenvalue weighted by Gasteiger charge is 2.47. The molecule has 4 atom stereocenters. The lowest BCUT2D eigenvalue weighted by Crippen LogP contribution is -2.39. The van der Waals surface area contributed by atoms with Crippen LogP contribution >= 0.6 is 0 Å². The van der Waals surface area contributed by atoms with Crippen LogP contribution in [0.4, 0.5) is 0 Å². The molecule has 23 heavy (non-hydrogen) atoms. The molecule has 0 amide bonds. The predicted octanol–water partition coefficient (Wildman–Crippen LogP) is 1.81. The number of sulfone groups is 1. The van der Waals surface area contributed by atoms with Crippen molar-refractivity contribution < 1.29 is 18.3 Å². The van der Waals surface area contributed by atoms with Crippen molar-refractivity contribution in [2.75, 3.05) is 6.26 Å². The molecule has 1 heterocycles. The van der Waals surface area contributed by atoms with Crippen LogP contribution in [0.25, 0.3) is 0 Å². The standard InChI is InChI=1S/C17H21NO4S/c1-10-5-3-8-13-14(16(17(19)20)18-15(10)13)11-6-4-7-12(9-11)23(2,21)22/h3,5,7-9,13-16,18H,4,6H2,1-2H3,(H,19,20). The maximum absolute atomic E-state index is 11.8. The summed E-state index contributed by atoms with van der Waals surface area (Å²) in [6.45, 7) is 1.99. The number of fused-ring (bicyclic) bond motifs is 1. The van der Waals surface area contributed by atoms with Gasteiger partial charge in [-0.1, -0.05) is 35.5 Å². The Bertz CT molecular complexity index is 757. The van der Waals surface area contributed by atoms with Crippen LogP contribution in [0.15, 0.2) is 46.4 Å². The SMILES string of the molecule is CC1=CC=CC2C1NC(C(=O)O)C2C1=CC(S(C)(=O)=O)=CCC1. The van der Waals surface area contributed by atoms with Crippen molar-refractivity contribution in [1.29, 1.82) is 0 Å². The van der Waals surface area contributed by atoms with E-state index in [1.807, 2.05) is 25.2 Å². The molecular weight excluding hydrogens is 314 g/mol. The first-order valence-corrected chi connectivity index (χ1v) is 9.62. The van der Waals surface area contributed by atoms with Gasteiger partial charge in [0.25, 0.3) is 0 Å². The summed E-state index contributed by atoms with van der Waals surface area (Å²) in [5.74, 6) is -1.06. The minimum absolute atomic E-state index is 0.000380. The van der Waals surface area contributed by atoms with Gasteiger partial charge in [-0.15, -0.1) is 0 Å². The molecule has 0 radical (unpaired) electrons. The van der Waals surface area contributed by atoms with Crippen LogP contribution in [0.2, 0.25) is 0 Å². The number of carboxylic acid groups (broad SMARTS) is 1. The van der Waals surface area contributed by atoms with E-state index in [0.29, 0.717) is 17.7 Å². The predicted molar refractivity (Wildman–Crippen MR) is 88.5 cm³/mol. The van der Waals surface area contributed by atoms with Crippen molar-refractivity contribution in [2.45, 2.75) is 31.8 Å². The smallest absolute Gasteiger partial charge is 0.321 e. The monoisotopic (exact) mass is 335 g/mol. The van der Waals surface area contributed by atoms with Crippen LogP contribution in [0, 0.1) is 11.8 Å². The molecule has 4 unspecified atom stereocenters. The van der Waals surface area contributed by atoms with Gasteiger partial charge >= 0.3 is 5.97 Å². The minimum atomic E-state index is -3.28. The van der Waals surface area contributed by atoms with Crippen molar-refractivity contribution in [3.63, 3.8) is 0 Å². The van der Waals surface area contributed by atoms with Gasteiger partial charge in [-0.25, -0.2) is 8.42 Å². The zero-order chi connectivity index (χ0) is 16.8. The molecule has 0 saturated carbocycles. The molecule has 2 aliphatic carbocycles. The average molecular weight is 335 g/mol. The van der Waals surface area contributed by atoms with Crippen molar-refractivity contribution in [1.82, 2.24) is 5.32 Å². The highest BCUT2D eigenvalue weighted by molar-refractivity contribution is 7.94. The molecule has 3 aliphatic rings.